The quantitative estimate of drug-likeness (QED) is 0.851. The smallest absolute Gasteiger partial charge is 0.241 e. The average Bonchev–Trinajstić information content (AvgIpc) is 2.64. The number of sulfonamides is 1. The molecule has 3 rings (SSSR count). The molecule has 1 aliphatic rings. The van der Waals surface area contributed by atoms with Crippen molar-refractivity contribution in [1.82, 2.24) is 4.72 Å². The van der Waals surface area contributed by atoms with Crippen molar-refractivity contribution < 1.29 is 13.2 Å². The maximum absolute atomic E-state index is 13.0. The zero-order chi connectivity index (χ0) is 19.8. The van der Waals surface area contributed by atoms with Crippen LogP contribution in [-0.2, 0) is 20.2 Å². The predicted octanol–water partition coefficient (Wildman–Crippen LogP) is 3.76. The molecule has 1 unspecified atom stereocenters. The minimum Gasteiger partial charge on any atom is -0.315 e. The van der Waals surface area contributed by atoms with Gasteiger partial charge < -0.3 is 4.90 Å². The van der Waals surface area contributed by atoms with E-state index in [0.717, 1.165) is 16.8 Å². The first-order valence-electron chi connectivity index (χ1n) is 9.14. The van der Waals surface area contributed by atoms with E-state index in [9.17, 15) is 13.2 Å². The first-order chi connectivity index (χ1) is 12.7. The summed E-state index contributed by atoms with van der Waals surface area (Å²) in [5.41, 5.74) is 2.17. The fourth-order valence-corrected chi connectivity index (χ4v) is 4.90. The molecule has 144 valence electrons. The number of hydrogen-bond acceptors (Lipinski definition) is 3. The largest absolute Gasteiger partial charge is 0.315 e. The third kappa shape index (κ3) is 3.77. The number of benzene rings is 2. The van der Waals surface area contributed by atoms with E-state index in [1.807, 2.05) is 51.1 Å². The summed E-state index contributed by atoms with van der Waals surface area (Å²) in [5, 5.41) is 0. The molecule has 0 bridgehead atoms. The minimum absolute atomic E-state index is 0.0383. The number of fused-ring (bicyclic) bond motifs is 1. The molecule has 1 aliphatic heterocycles. The Morgan fingerprint density at radius 2 is 1.81 bits per heavy atom. The van der Waals surface area contributed by atoms with Crippen LogP contribution < -0.4 is 9.62 Å². The first kappa shape index (κ1) is 19.6. The summed E-state index contributed by atoms with van der Waals surface area (Å²) in [4.78, 5) is 14.0. The number of nitrogens with one attached hydrogen (secondary N) is 1. The van der Waals surface area contributed by atoms with Crippen molar-refractivity contribution >= 4 is 21.6 Å². The molecule has 0 saturated carbocycles. The summed E-state index contributed by atoms with van der Waals surface area (Å²) in [7, 11) is -1.96. The van der Waals surface area contributed by atoms with E-state index in [4.69, 9.17) is 0 Å². The van der Waals surface area contributed by atoms with Crippen LogP contribution in [-0.4, -0.2) is 21.4 Å². The van der Waals surface area contributed by atoms with Crippen molar-refractivity contribution in [1.29, 1.82) is 0 Å². The molecule has 6 heteroatoms. The summed E-state index contributed by atoms with van der Waals surface area (Å²) in [5.74, 6) is 0.0383. The van der Waals surface area contributed by atoms with E-state index < -0.39 is 15.4 Å². The number of carbonyl (C=O) groups is 1. The lowest BCUT2D eigenvalue weighted by Gasteiger charge is -2.37. The van der Waals surface area contributed by atoms with Gasteiger partial charge in [0.05, 0.1) is 4.90 Å². The summed E-state index contributed by atoms with van der Waals surface area (Å²) >= 11 is 0. The summed E-state index contributed by atoms with van der Waals surface area (Å²) in [6.07, 6.45) is 1.01. The Balaban J connectivity index is 1.97. The second-order valence-electron chi connectivity index (χ2n) is 7.69. The van der Waals surface area contributed by atoms with Crippen LogP contribution in [0.5, 0.6) is 0 Å². The van der Waals surface area contributed by atoms with Crippen molar-refractivity contribution in [3.63, 3.8) is 0 Å². The van der Waals surface area contributed by atoms with Crippen molar-refractivity contribution in [3.8, 4) is 0 Å². The van der Waals surface area contributed by atoms with Crippen molar-refractivity contribution in [2.45, 2.75) is 50.0 Å². The van der Waals surface area contributed by atoms with Gasteiger partial charge in [0.2, 0.25) is 15.9 Å². The zero-order valence-corrected chi connectivity index (χ0v) is 17.0. The first-order valence-corrected chi connectivity index (χ1v) is 10.6. The molecule has 1 heterocycles. The summed E-state index contributed by atoms with van der Waals surface area (Å²) < 4.78 is 28.9. The Hall–Kier alpha value is -2.18. The van der Waals surface area contributed by atoms with E-state index in [-0.39, 0.29) is 16.8 Å². The molecule has 0 spiro atoms. The van der Waals surface area contributed by atoms with Gasteiger partial charge in [0.1, 0.15) is 0 Å². The molecule has 0 aliphatic carbocycles. The molecule has 1 atom stereocenters. The SMILES string of the molecule is CCC(NS(=O)(=O)c1ccc2c(c1)C(C)(C)CC(=O)N2C)c1ccccc1. The second kappa shape index (κ2) is 7.09. The van der Waals surface area contributed by atoms with Crippen LogP contribution in [0.4, 0.5) is 5.69 Å². The summed E-state index contributed by atoms with van der Waals surface area (Å²) in [6.45, 7) is 5.90. The molecule has 2 aromatic rings. The van der Waals surface area contributed by atoms with Crippen molar-refractivity contribution in [2.75, 3.05) is 11.9 Å². The highest BCUT2D eigenvalue weighted by Crippen LogP contribution is 2.40. The van der Waals surface area contributed by atoms with Gasteiger partial charge in [-0.15, -0.1) is 0 Å². The molecule has 0 saturated heterocycles. The topological polar surface area (TPSA) is 66.5 Å². The van der Waals surface area contributed by atoms with Gasteiger partial charge in [-0.05, 0) is 35.7 Å². The van der Waals surface area contributed by atoms with Crippen LogP contribution in [0.1, 0.15) is 50.8 Å². The van der Waals surface area contributed by atoms with Crippen molar-refractivity contribution in [3.05, 3.63) is 59.7 Å². The number of amides is 1. The standard InChI is InChI=1S/C21H26N2O3S/c1-5-18(15-9-7-6-8-10-15)22-27(25,26)16-11-12-19-17(13-16)21(2,3)14-20(24)23(19)4/h6-13,18,22H,5,14H2,1-4H3. The van der Waals surface area contributed by atoms with Gasteiger partial charge in [-0.2, -0.15) is 0 Å². The third-order valence-corrected chi connectivity index (χ3v) is 6.71. The van der Waals surface area contributed by atoms with Crippen LogP contribution in [0.15, 0.2) is 53.4 Å². The second-order valence-corrected chi connectivity index (χ2v) is 9.40. The predicted molar refractivity (Wildman–Crippen MR) is 107 cm³/mol. The molecule has 0 radical (unpaired) electrons. The highest BCUT2D eigenvalue weighted by atomic mass is 32.2. The number of carbonyl (C=O) groups excluding carboxylic acids is 1. The highest BCUT2D eigenvalue weighted by molar-refractivity contribution is 7.89. The van der Waals surface area contributed by atoms with Crippen LogP contribution in [0.3, 0.4) is 0 Å². The molecule has 0 fully saturated rings. The molecule has 5 nitrogen and oxygen atoms in total. The average molecular weight is 387 g/mol. The summed E-state index contributed by atoms with van der Waals surface area (Å²) in [6, 6.07) is 14.3. The fraction of sp³-hybridized carbons (Fsp3) is 0.381. The van der Waals surface area contributed by atoms with Gasteiger partial charge in [-0.25, -0.2) is 13.1 Å². The van der Waals surface area contributed by atoms with Crippen molar-refractivity contribution in [2.24, 2.45) is 0 Å². The Labute approximate surface area is 161 Å². The molecule has 27 heavy (non-hydrogen) atoms. The van der Waals surface area contributed by atoms with Crippen LogP contribution in [0, 0.1) is 0 Å². The van der Waals surface area contributed by atoms with Gasteiger partial charge in [0.15, 0.2) is 0 Å². The van der Waals surface area contributed by atoms with Crippen LogP contribution >= 0.6 is 0 Å². The van der Waals surface area contributed by atoms with E-state index in [1.165, 1.54) is 0 Å². The Kier molecular flexibility index (Phi) is 5.14. The lowest BCUT2D eigenvalue weighted by molar-refractivity contribution is -0.119. The Morgan fingerprint density at radius 1 is 1.15 bits per heavy atom. The van der Waals surface area contributed by atoms with Gasteiger partial charge in [0.25, 0.3) is 0 Å². The fourth-order valence-electron chi connectivity index (χ4n) is 3.57. The normalized spacial score (nSPS) is 17.5. The van der Waals surface area contributed by atoms with E-state index >= 15 is 0 Å². The minimum atomic E-state index is -3.69. The maximum Gasteiger partial charge on any atom is 0.241 e. The van der Waals surface area contributed by atoms with Gasteiger partial charge >= 0.3 is 0 Å². The third-order valence-electron chi connectivity index (χ3n) is 5.24. The molecule has 0 aromatic heterocycles. The zero-order valence-electron chi connectivity index (χ0n) is 16.2. The lowest BCUT2D eigenvalue weighted by Crippen LogP contribution is -2.39. The molecular formula is C21H26N2O3S. The van der Waals surface area contributed by atoms with E-state index in [1.54, 1.807) is 30.1 Å². The van der Waals surface area contributed by atoms with Gasteiger partial charge in [-0.3, -0.25) is 4.79 Å². The molecule has 1 N–H and O–H groups in total. The number of hydrogen-bond donors (Lipinski definition) is 1. The van der Waals surface area contributed by atoms with Gasteiger partial charge in [-0.1, -0.05) is 51.1 Å². The van der Waals surface area contributed by atoms with Crippen LogP contribution in [0.2, 0.25) is 0 Å². The van der Waals surface area contributed by atoms with E-state index in [0.29, 0.717) is 12.8 Å². The monoisotopic (exact) mass is 386 g/mol. The highest BCUT2D eigenvalue weighted by Gasteiger charge is 2.36. The Bertz CT molecular complexity index is 953. The number of nitrogens with zero attached hydrogens (tertiary/aromatic N) is 1. The molecular weight excluding hydrogens is 360 g/mol. The number of anilines is 1. The molecule has 1 amide bonds. The number of rotatable bonds is 5. The van der Waals surface area contributed by atoms with Crippen LogP contribution in [0.25, 0.3) is 0 Å². The molecule has 2 aromatic carbocycles. The lowest BCUT2D eigenvalue weighted by atomic mass is 9.77. The van der Waals surface area contributed by atoms with Gasteiger partial charge in [0, 0.05) is 30.6 Å². The van der Waals surface area contributed by atoms with E-state index in [2.05, 4.69) is 4.72 Å². The maximum atomic E-state index is 13.0. The Morgan fingerprint density at radius 3 is 2.44 bits per heavy atom.